The van der Waals surface area contributed by atoms with Gasteiger partial charge in [0.15, 0.2) is 4.96 Å². The highest BCUT2D eigenvalue weighted by atomic mass is 32.1. The molecule has 130 valence electrons. The summed E-state index contributed by atoms with van der Waals surface area (Å²) in [5.74, 6) is 0.484. The fraction of sp³-hybridized carbons (Fsp3) is 0.278. The fourth-order valence-electron chi connectivity index (χ4n) is 2.61. The van der Waals surface area contributed by atoms with Crippen LogP contribution in [-0.2, 0) is 17.6 Å². The van der Waals surface area contributed by atoms with Crippen molar-refractivity contribution in [3.8, 4) is 5.75 Å². The molecule has 3 rings (SSSR count). The van der Waals surface area contributed by atoms with Crippen LogP contribution in [0, 0.1) is 6.92 Å². The topological polar surface area (TPSA) is 72.7 Å². The first-order valence-electron chi connectivity index (χ1n) is 7.96. The van der Waals surface area contributed by atoms with Crippen molar-refractivity contribution in [3.63, 3.8) is 0 Å². The number of aryl methyl sites for hydroxylation is 2. The summed E-state index contributed by atoms with van der Waals surface area (Å²) in [4.78, 5) is 30.2. The minimum atomic E-state index is -0.250. The Bertz CT molecular complexity index is 974. The van der Waals surface area contributed by atoms with Gasteiger partial charge in [0.1, 0.15) is 11.4 Å². The summed E-state index contributed by atoms with van der Waals surface area (Å²) in [6, 6.07) is 7.26. The first-order chi connectivity index (χ1) is 12.0. The number of anilines is 1. The Hall–Kier alpha value is -2.67. The quantitative estimate of drug-likeness (QED) is 0.762. The Labute approximate surface area is 149 Å². The fourth-order valence-corrected chi connectivity index (χ4v) is 3.62. The predicted molar refractivity (Wildman–Crippen MR) is 98.8 cm³/mol. The van der Waals surface area contributed by atoms with E-state index in [4.69, 9.17) is 4.74 Å². The molecule has 1 aromatic carbocycles. The lowest BCUT2D eigenvalue weighted by atomic mass is 10.1. The molecule has 7 heteroatoms. The molecular weight excluding hydrogens is 338 g/mol. The van der Waals surface area contributed by atoms with E-state index in [1.54, 1.807) is 30.6 Å². The number of benzene rings is 1. The Kier molecular flexibility index (Phi) is 4.85. The lowest BCUT2D eigenvalue weighted by Crippen LogP contribution is -2.26. The van der Waals surface area contributed by atoms with Gasteiger partial charge in [-0.05, 0) is 31.0 Å². The average Bonchev–Trinajstić information content (AvgIpc) is 3.02. The highest BCUT2D eigenvalue weighted by Crippen LogP contribution is 2.17. The number of hydrogen-bond donors (Lipinski definition) is 1. The number of carbonyl (C=O) groups excluding carboxylic acids is 1. The first-order valence-corrected chi connectivity index (χ1v) is 8.84. The van der Waals surface area contributed by atoms with E-state index in [2.05, 4.69) is 10.3 Å². The van der Waals surface area contributed by atoms with Crippen LogP contribution in [0.1, 0.15) is 23.9 Å². The van der Waals surface area contributed by atoms with Crippen molar-refractivity contribution in [1.29, 1.82) is 0 Å². The van der Waals surface area contributed by atoms with Crippen LogP contribution in [0.25, 0.3) is 4.96 Å². The number of amides is 1. The van der Waals surface area contributed by atoms with Gasteiger partial charge in [-0.3, -0.25) is 14.0 Å². The SMILES string of the molecule is CCc1csc2nc(C)c(NC(=O)Cc3ccc(OC)cc3)c(=O)n12. The van der Waals surface area contributed by atoms with E-state index in [-0.39, 0.29) is 23.6 Å². The van der Waals surface area contributed by atoms with Gasteiger partial charge in [0, 0.05) is 11.1 Å². The number of fused-ring (bicyclic) bond motifs is 1. The van der Waals surface area contributed by atoms with Crippen LogP contribution in [0.4, 0.5) is 5.69 Å². The van der Waals surface area contributed by atoms with Crippen molar-refractivity contribution >= 4 is 27.9 Å². The van der Waals surface area contributed by atoms with Crippen molar-refractivity contribution in [2.24, 2.45) is 0 Å². The highest BCUT2D eigenvalue weighted by Gasteiger charge is 2.15. The summed E-state index contributed by atoms with van der Waals surface area (Å²) in [6.07, 6.45) is 0.903. The molecule has 6 nitrogen and oxygen atoms in total. The van der Waals surface area contributed by atoms with Gasteiger partial charge in [-0.1, -0.05) is 19.1 Å². The third-order valence-electron chi connectivity index (χ3n) is 3.97. The molecule has 0 radical (unpaired) electrons. The summed E-state index contributed by atoms with van der Waals surface area (Å²) < 4.78 is 6.67. The van der Waals surface area contributed by atoms with Crippen molar-refractivity contribution in [2.75, 3.05) is 12.4 Å². The zero-order valence-electron chi connectivity index (χ0n) is 14.3. The maximum absolute atomic E-state index is 12.8. The summed E-state index contributed by atoms with van der Waals surface area (Å²) in [5, 5.41) is 4.65. The molecule has 25 heavy (non-hydrogen) atoms. The number of nitrogens with one attached hydrogen (secondary N) is 1. The summed E-state index contributed by atoms with van der Waals surface area (Å²) >= 11 is 1.43. The molecule has 2 aromatic heterocycles. The summed E-state index contributed by atoms with van der Waals surface area (Å²) in [7, 11) is 1.59. The number of nitrogens with zero attached hydrogens (tertiary/aromatic N) is 2. The molecule has 0 spiro atoms. The molecule has 0 saturated carbocycles. The van der Waals surface area contributed by atoms with Gasteiger partial charge in [-0.2, -0.15) is 0 Å². The number of carbonyl (C=O) groups is 1. The maximum Gasteiger partial charge on any atom is 0.282 e. The minimum Gasteiger partial charge on any atom is -0.497 e. The molecular formula is C18H19N3O3S. The van der Waals surface area contributed by atoms with Crippen LogP contribution >= 0.6 is 11.3 Å². The van der Waals surface area contributed by atoms with Crippen LogP contribution in [-0.4, -0.2) is 22.4 Å². The molecule has 1 N–H and O–H groups in total. The van der Waals surface area contributed by atoms with E-state index >= 15 is 0 Å². The normalized spacial score (nSPS) is 10.8. The number of thiazole rings is 1. The monoisotopic (exact) mass is 357 g/mol. The van der Waals surface area contributed by atoms with Gasteiger partial charge >= 0.3 is 0 Å². The van der Waals surface area contributed by atoms with Crippen LogP contribution < -0.4 is 15.6 Å². The summed E-state index contributed by atoms with van der Waals surface area (Å²) in [6.45, 7) is 3.71. The number of rotatable bonds is 5. The number of hydrogen-bond acceptors (Lipinski definition) is 5. The second-order valence-corrected chi connectivity index (χ2v) is 6.49. The maximum atomic E-state index is 12.8. The third-order valence-corrected chi connectivity index (χ3v) is 4.85. The Morgan fingerprint density at radius 1 is 1.32 bits per heavy atom. The second kappa shape index (κ2) is 7.06. The molecule has 0 aliphatic rings. The molecule has 0 atom stereocenters. The average molecular weight is 357 g/mol. The van der Waals surface area contributed by atoms with Crippen molar-refractivity contribution in [3.05, 3.63) is 57.0 Å². The zero-order valence-corrected chi connectivity index (χ0v) is 15.1. The predicted octanol–water partition coefficient (Wildman–Crippen LogP) is 2.82. The van der Waals surface area contributed by atoms with E-state index in [0.29, 0.717) is 10.7 Å². The van der Waals surface area contributed by atoms with Crippen molar-refractivity contribution < 1.29 is 9.53 Å². The van der Waals surface area contributed by atoms with E-state index < -0.39 is 0 Å². The third kappa shape index (κ3) is 3.41. The van der Waals surface area contributed by atoms with Crippen molar-refractivity contribution in [1.82, 2.24) is 9.38 Å². The zero-order chi connectivity index (χ0) is 18.0. The molecule has 0 bridgehead atoms. The van der Waals surface area contributed by atoms with E-state index in [0.717, 1.165) is 23.4 Å². The smallest absolute Gasteiger partial charge is 0.282 e. The van der Waals surface area contributed by atoms with Gasteiger partial charge in [0.25, 0.3) is 5.56 Å². The van der Waals surface area contributed by atoms with Gasteiger partial charge in [0.2, 0.25) is 5.91 Å². The van der Waals surface area contributed by atoms with Crippen LogP contribution in [0.5, 0.6) is 5.75 Å². The Morgan fingerprint density at radius 3 is 2.68 bits per heavy atom. The Morgan fingerprint density at radius 2 is 2.04 bits per heavy atom. The molecule has 0 fully saturated rings. The van der Waals surface area contributed by atoms with Gasteiger partial charge < -0.3 is 10.1 Å². The molecule has 0 aliphatic carbocycles. The highest BCUT2D eigenvalue weighted by molar-refractivity contribution is 7.15. The standard InChI is InChI=1S/C18H19N3O3S/c1-4-13-10-25-18-19-11(2)16(17(23)21(13)18)20-15(22)9-12-5-7-14(24-3)8-6-12/h5-8,10H,4,9H2,1-3H3,(H,20,22). The van der Waals surface area contributed by atoms with E-state index in [9.17, 15) is 9.59 Å². The number of aromatic nitrogens is 2. The second-order valence-electron chi connectivity index (χ2n) is 5.65. The van der Waals surface area contributed by atoms with Gasteiger partial charge in [-0.25, -0.2) is 4.98 Å². The molecule has 3 aromatic rings. The minimum absolute atomic E-state index is 0.176. The van der Waals surface area contributed by atoms with Gasteiger partial charge in [-0.15, -0.1) is 11.3 Å². The number of ether oxygens (including phenoxy) is 1. The summed E-state index contributed by atoms with van der Waals surface area (Å²) in [5.41, 5.74) is 2.27. The van der Waals surface area contributed by atoms with E-state index in [1.807, 2.05) is 24.4 Å². The molecule has 0 saturated heterocycles. The lowest BCUT2D eigenvalue weighted by Gasteiger charge is -2.09. The molecule has 0 unspecified atom stereocenters. The number of methoxy groups -OCH3 is 1. The largest absolute Gasteiger partial charge is 0.497 e. The Balaban J connectivity index is 1.86. The first kappa shape index (κ1) is 17.2. The van der Waals surface area contributed by atoms with Gasteiger partial charge in [0.05, 0.1) is 19.2 Å². The molecule has 0 aliphatic heterocycles. The molecule has 2 heterocycles. The molecule has 1 amide bonds. The van der Waals surface area contributed by atoms with Crippen LogP contribution in [0.2, 0.25) is 0 Å². The van der Waals surface area contributed by atoms with Crippen LogP contribution in [0.15, 0.2) is 34.4 Å². The lowest BCUT2D eigenvalue weighted by molar-refractivity contribution is -0.115. The van der Waals surface area contributed by atoms with Crippen LogP contribution in [0.3, 0.4) is 0 Å². The van der Waals surface area contributed by atoms with Crippen molar-refractivity contribution in [2.45, 2.75) is 26.7 Å². The van der Waals surface area contributed by atoms with E-state index in [1.165, 1.54) is 11.3 Å².